The molecule has 304 valence electrons. The number of nitrogens with one attached hydrogen (secondary N) is 3. The van der Waals surface area contributed by atoms with Gasteiger partial charge in [-0.2, -0.15) is 0 Å². The van der Waals surface area contributed by atoms with Gasteiger partial charge in [0, 0.05) is 18.0 Å². The predicted molar refractivity (Wildman–Crippen MR) is 208 cm³/mol. The predicted octanol–water partition coefficient (Wildman–Crippen LogP) is 6.29. The molecular formula is C37H44Cl3N5O9S2. The molecule has 0 radical (unpaired) electrons. The summed E-state index contributed by atoms with van der Waals surface area (Å²) >= 11 is 19.3. The first-order chi connectivity index (χ1) is 26.7. The van der Waals surface area contributed by atoms with Crippen LogP contribution in [0.1, 0.15) is 94.6 Å². The Balaban J connectivity index is 1.13. The summed E-state index contributed by atoms with van der Waals surface area (Å²) in [5.41, 5.74) is 0.103. The lowest BCUT2D eigenvalue weighted by atomic mass is 10.0. The number of carbonyl (C=O) groups is 5. The fourth-order valence-electron chi connectivity index (χ4n) is 8.41. The zero-order valence-electron chi connectivity index (χ0n) is 30.5. The maximum Gasteiger partial charge on any atom is 0.410 e. The van der Waals surface area contributed by atoms with Gasteiger partial charge in [-0.1, -0.05) is 79.0 Å². The smallest absolute Gasteiger partial charge is 0.410 e. The number of amides is 5. The number of sulfonamides is 1. The molecule has 3 aliphatic heterocycles. The molecule has 2 saturated carbocycles. The molecule has 2 saturated heterocycles. The Kier molecular flexibility index (Phi) is 12.3. The Bertz CT molecular complexity index is 1990. The van der Waals surface area contributed by atoms with Crippen molar-refractivity contribution in [3.63, 3.8) is 0 Å². The summed E-state index contributed by atoms with van der Waals surface area (Å²) in [5, 5.41) is 6.12. The Morgan fingerprint density at radius 1 is 0.911 bits per heavy atom. The van der Waals surface area contributed by atoms with Gasteiger partial charge in [0.2, 0.25) is 11.8 Å². The van der Waals surface area contributed by atoms with Crippen molar-refractivity contribution in [3.05, 3.63) is 49.1 Å². The summed E-state index contributed by atoms with van der Waals surface area (Å²) < 4.78 is 40.3. The summed E-state index contributed by atoms with van der Waals surface area (Å²) in [6.07, 6.45) is 5.52. The molecule has 19 heteroatoms. The largest absolute Gasteiger partial charge is 0.446 e. The molecule has 4 heterocycles. The molecule has 56 heavy (non-hydrogen) atoms. The average molecular weight is 873 g/mol. The third-order valence-corrected chi connectivity index (χ3v) is 14.9. The molecule has 0 unspecified atom stereocenters. The summed E-state index contributed by atoms with van der Waals surface area (Å²) in [6.45, 7) is 0.343. The molecular weight excluding hydrogens is 829 g/mol. The fraction of sp³-hybridized carbons (Fsp3) is 0.595. The van der Waals surface area contributed by atoms with E-state index >= 15 is 0 Å². The first-order valence-corrected chi connectivity index (χ1v) is 22.5. The second-order valence-electron chi connectivity index (χ2n) is 15.3. The maximum atomic E-state index is 14.5. The molecule has 5 amide bonds. The van der Waals surface area contributed by atoms with Crippen LogP contribution in [0.5, 0.6) is 0 Å². The standard InChI is InChI=1S/C37H44Cl3N5O9S2/c38-26-13-8-9-21-18-44(20-25(21)26)36(50)54-24-15-28-32(46)42-37(34(48)43-56(51,52)29-16-30(39)55-31(29)40)17-22(37)10-4-2-1-3-5-14-27(33(47)45(28)19-24)41-35(49)53-23-11-6-7-12-23/h8-9,13,16,22-24,27-28H,1-7,10-12,14-15,17-20H2,(H,41,49)(H,42,46)(H,43,48)/t22-,24-,27+,28+,37-/m1/s1. The quantitative estimate of drug-likeness (QED) is 0.301. The lowest BCUT2D eigenvalue weighted by molar-refractivity contribution is -0.141. The topological polar surface area (TPSA) is 181 Å². The van der Waals surface area contributed by atoms with Crippen molar-refractivity contribution in [1.29, 1.82) is 0 Å². The van der Waals surface area contributed by atoms with E-state index in [2.05, 4.69) is 15.4 Å². The third-order valence-electron chi connectivity index (χ3n) is 11.5. The van der Waals surface area contributed by atoms with E-state index in [9.17, 15) is 32.4 Å². The van der Waals surface area contributed by atoms with Crippen LogP contribution in [-0.4, -0.2) is 84.5 Å². The van der Waals surface area contributed by atoms with Crippen LogP contribution in [0.3, 0.4) is 0 Å². The molecule has 5 aliphatic rings. The number of thiophene rings is 1. The van der Waals surface area contributed by atoms with Crippen LogP contribution in [0.25, 0.3) is 0 Å². The first kappa shape index (κ1) is 40.9. The van der Waals surface area contributed by atoms with Gasteiger partial charge in [-0.25, -0.2) is 22.7 Å². The number of fused-ring (bicyclic) bond motifs is 3. The Hall–Kier alpha value is -3.31. The normalized spacial score (nSPS) is 27.3. The van der Waals surface area contributed by atoms with E-state index in [0.29, 0.717) is 24.3 Å². The molecule has 0 spiro atoms. The van der Waals surface area contributed by atoms with Crippen LogP contribution >= 0.6 is 46.1 Å². The monoisotopic (exact) mass is 871 g/mol. The maximum absolute atomic E-state index is 14.5. The Labute approximate surface area is 344 Å². The minimum absolute atomic E-state index is 0.103. The second-order valence-corrected chi connectivity index (χ2v) is 19.7. The molecule has 5 atom stereocenters. The lowest BCUT2D eigenvalue weighted by Gasteiger charge is -2.30. The van der Waals surface area contributed by atoms with E-state index in [1.165, 1.54) is 9.80 Å². The van der Waals surface area contributed by atoms with E-state index in [0.717, 1.165) is 79.9 Å². The van der Waals surface area contributed by atoms with Gasteiger partial charge in [0.05, 0.1) is 17.4 Å². The number of hydrogen-bond acceptors (Lipinski definition) is 10. The van der Waals surface area contributed by atoms with Gasteiger partial charge in [-0.05, 0) is 74.1 Å². The molecule has 1 aromatic heterocycles. The van der Waals surface area contributed by atoms with Gasteiger partial charge in [-0.3, -0.25) is 19.3 Å². The number of rotatable bonds is 6. The summed E-state index contributed by atoms with van der Waals surface area (Å²) in [4.78, 5) is 71.8. The molecule has 14 nitrogen and oxygen atoms in total. The molecule has 4 fully saturated rings. The van der Waals surface area contributed by atoms with Gasteiger partial charge >= 0.3 is 12.2 Å². The van der Waals surface area contributed by atoms with E-state index < -0.39 is 63.7 Å². The second kappa shape index (κ2) is 16.9. The molecule has 1 aromatic carbocycles. The number of ether oxygens (including phenoxy) is 2. The van der Waals surface area contributed by atoms with Gasteiger partial charge in [0.25, 0.3) is 15.9 Å². The van der Waals surface area contributed by atoms with E-state index in [4.69, 9.17) is 44.3 Å². The highest BCUT2D eigenvalue weighted by Crippen LogP contribution is 2.48. The van der Waals surface area contributed by atoms with Crippen molar-refractivity contribution < 1.29 is 41.9 Å². The Morgan fingerprint density at radius 2 is 1.62 bits per heavy atom. The zero-order valence-corrected chi connectivity index (χ0v) is 34.4. The number of benzene rings is 1. The van der Waals surface area contributed by atoms with Crippen molar-refractivity contribution in [3.8, 4) is 0 Å². The van der Waals surface area contributed by atoms with Crippen LogP contribution in [0.4, 0.5) is 9.59 Å². The molecule has 0 bridgehead atoms. The van der Waals surface area contributed by atoms with Crippen LogP contribution in [0.15, 0.2) is 29.2 Å². The molecule has 3 N–H and O–H groups in total. The summed E-state index contributed by atoms with van der Waals surface area (Å²) in [6, 6.07) is 4.31. The van der Waals surface area contributed by atoms with Crippen molar-refractivity contribution in [2.45, 2.75) is 131 Å². The van der Waals surface area contributed by atoms with Crippen LogP contribution in [-0.2, 0) is 47.0 Å². The third kappa shape index (κ3) is 8.88. The highest BCUT2D eigenvalue weighted by Gasteiger charge is 2.62. The SMILES string of the molecule is O=C(N[C@H]1CCCCCCC[C@@H]2C[C@@]2(C(=O)NS(=O)(=O)c2cc(Cl)sc2Cl)NC(=O)[C@@H]2C[C@@H](OC(=O)N3Cc4cccc(Cl)c4C3)CN2C1=O)OC1CCCC1. The van der Waals surface area contributed by atoms with E-state index in [1.807, 2.05) is 6.07 Å². The lowest BCUT2D eigenvalue weighted by Crippen LogP contribution is -2.58. The summed E-state index contributed by atoms with van der Waals surface area (Å²) in [5.74, 6) is -2.58. The van der Waals surface area contributed by atoms with Crippen LogP contribution in [0, 0.1) is 5.92 Å². The molecule has 2 aliphatic carbocycles. The zero-order chi connectivity index (χ0) is 39.8. The van der Waals surface area contributed by atoms with Gasteiger partial charge in [0.1, 0.15) is 39.1 Å². The van der Waals surface area contributed by atoms with Gasteiger partial charge in [0.15, 0.2) is 0 Å². The number of nitrogens with zero attached hydrogens (tertiary/aromatic N) is 2. The highest BCUT2D eigenvalue weighted by molar-refractivity contribution is 7.90. The average Bonchev–Trinajstić information content (AvgIpc) is 3.70. The Morgan fingerprint density at radius 3 is 2.34 bits per heavy atom. The van der Waals surface area contributed by atoms with Gasteiger partial charge in [-0.15, -0.1) is 11.3 Å². The van der Waals surface area contributed by atoms with Gasteiger partial charge < -0.3 is 25.0 Å². The van der Waals surface area contributed by atoms with Crippen molar-refractivity contribution >= 4 is 86.1 Å². The van der Waals surface area contributed by atoms with E-state index in [-0.39, 0.29) is 58.1 Å². The molecule has 7 rings (SSSR count). The number of carbonyl (C=O) groups excluding carboxylic acids is 5. The van der Waals surface area contributed by atoms with Crippen molar-refractivity contribution in [1.82, 2.24) is 25.2 Å². The van der Waals surface area contributed by atoms with Crippen LogP contribution < -0.4 is 15.4 Å². The minimum Gasteiger partial charge on any atom is -0.446 e. The minimum atomic E-state index is -4.46. The fourth-order valence-corrected chi connectivity index (χ4v) is 11.9. The van der Waals surface area contributed by atoms with E-state index in [1.54, 1.807) is 12.1 Å². The number of hydrogen-bond donors (Lipinski definition) is 3. The highest BCUT2D eigenvalue weighted by atomic mass is 35.5. The van der Waals surface area contributed by atoms with Crippen molar-refractivity contribution in [2.24, 2.45) is 5.92 Å². The number of alkyl carbamates (subject to hydrolysis) is 1. The molecule has 2 aromatic rings. The summed E-state index contributed by atoms with van der Waals surface area (Å²) in [7, 11) is -4.46. The first-order valence-electron chi connectivity index (χ1n) is 19.1. The van der Waals surface area contributed by atoms with Crippen molar-refractivity contribution in [2.75, 3.05) is 6.54 Å². The number of halogens is 3. The van der Waals surface area contributed by atoms with Crippen LogP contribution in [0.2, 0.25) is 13.7 Å².